The molecule has 0 aromatic carbocycles. The van der Waals surface area contributed by atoms with Crippen molar-refractivity contribution >= 4 is 11.9 Å². The molecule has 2 N–H and O–H groups in total. The van der Waals surface area contributed by atoms with Crippen LogP contribution in [0.5, 0.6) is 0 Å². The first-order valence-corrected chi connectivity index (χ1v) is 8.14. The zero-order valence-electron chi connectivity index (χ0n) is 13.5. The number of aliphatic carboxylic acids is 1. The van der Waals surface area contributed by atoms with Crippen LogP contribution in [0.15, 0.2) is 6.07 Å². The summed E-state index contributed by atoms with van der Waals surface area (Å²) in [5, 5.41) is 16.6. The maximum atomic E-state index is 12.4. The lowest BCUT2D eigenvalue weighted by Crippen LogP contribution is -2.44. The number of hydrogen-bond donors (Lipinski definition) is 2. The number of ether oxygens (including phenoxy) is 1. The second kappa shape index (κ2) is 6.31. The van der Waals surface area contributed by atoms with Crippen molar-refractivity contribution in [1.29, 1.82) is 0 Å². The number of carboxylic acid groups (broad SMARTS) is 1. The number of amides is 1. The van der Waals surface area contributed by atoms with E-state index < -0.39 is 17.8 Å². The van der Waals surface area contributed by atoms with Crippen LogP contribution in [0, 0.1) is 25.7 Å². The highest BCUT2D eigenvalue weighted by Crippen LogP contribution is 2.43. The second-order valence-electron chi connectivity index (χ2n) is 6.47. The highest BCUT2D eigenvalue weighted by atomic mass is 16.5. The van der Waals surface area contributed by atoms with Gasteiger partial charge in [-0.1, -0.05) is 0 Å². The third-order valence-electron chi connectivity index (χ3n) is 4.81. The molecule has 0 spiro atoms. The average molecular weight is 321 g/mol. The summed E-state index contributed by atoms with van der Waals surface area (Å²) in [6, 6.07) is 2.02. The third kappa shape index (κ3) is 3.10. The first-order chi connectivity index (χ1) is 11.0. The van der Waals surface area contributed by atoms with Gasteiger partial charge in [0.05, 0.1) is 29.7 Å². The molecule has 0 radical (unpaired) electrons. The van der Waals surface area contributed by atoms with Gasteiger partial charge in [0.25, 0.3) is 0 Å². The van der Waals surface area contributed by atoms with Crippen molar-refractivity contribution in [2.45, 2.75) is 51.9 Å². The van der Waals surface area contributed by atoms with Gasteiger partial charge in [-0.3, -0.25) is 14.3 Å². The van der Waals surface area contributed by atoms with Gasteiger partial charge >= 0.3 is 5.97 Å². The summed E-state index contributed by atoms with van der Waals surface area (Å²) in [5.41, 5.74) is 2.08. The minimum Gasteiger partial charge on any atom is -0.481 e. The first kappa shape index (κ1) is 16.0. The van der Waals surface area contributed by atoms with Gasteiger partial charge in [0, 0.05) is 18.8 Å². The van der Waals surface area contributed by atoms with Crippen LogP contribution >= 0.6 is 0 Å². The van der Waals surface area contributed by atoms with E-state index in [1.165, 1.54) is 0 Å². The van der Waals surface area contributed by atoms with Crippen LogP contribution in [0.1, 0.15) is 30.7 Å². The van der Waals surface area contributed by atoms with Gasteiger partial charge in [0.15, 0.2) is 0 Å². The van der Waals surface area contributed by atoms with Crippen LogP contribution in [0.2, 0.25) is 0 Å². The number of carboxylic acids is 1. The number of rotatable bonds is 6. The van der Waals surface area contributed by atoms with E-state index in [1.54, 1.807) is 0 Å². The van der Waals surface area contributed by atoms with Gasteiger partial charge in [-0.25, -0.2) is 0 Å². The molecule has 0 aliphatic carbocycles. The monoisotopic (exact) mass is 321 g/mol. The summed E-state index contributed by atoms with van der Waals surface area (Å²) in [4.78, 5) is 23.7. The van der Waals surface area contributed by atoms with Crippen molar-refractivity contribution in [3.63, 3.8) is 0 Å². The highest BCUT2D eigenvalue weighted by molar-refractivity contribution is 5.86. The Balaban J connectivity index is 1.49. The predicted molar refractivity (Wildman–Crippen MR) is 81.8 cm³/mol. The van der Waals surface area contributed by atoms with Crippen molar-refractivity contribution in [3.8, 4) is 0 Å². The average Bonchev–Trinajstić information content (AvgIpc) is 3.17. The van der Waals surface area contributed by atoms with Gasteiger partial charge in [0.2, 0.25) is 5.91 Å². The van der Waals surface area contributed by atoms with Crippen molar-refractivity contribution in [2.24, 2.45) is 11.8 Å². The fraction of sp³-hybridized carbons (Fsp3) is 0.688. The van der Waals surface area contributed by atoms with Crippen LogP contribution in [0.3, 0.4) is 0 Å². The number of fused-ring (bicyclic) bond motifs is 2. The molecule has 126 valence electrons. The molecule has 0 saturated carbocycles. The molecule has 23 heavy (non-hydrogen) atoms. The van der Waals surface area contributed by atoms with Crippen LogP contribution < -0.4 is 5.32 Å². The van der Waals surface area contributed by atoms with Crippen LogP contribution in [0.25, 0.3) is 0 Å². The molecule has 4 atom stereocenters. The second-order valence-corrected chi connectivity index (χ2v) is 6.47. The normalized spacial score (nSPS) is 29.0. The van der Waals surface area contributed by atoms with Crippen molar-refractivity contribution in [1.82, 2.24) is 15.1 Å². The topological polar surface area (TPSA) is 93.5 Å². The van der Waals surface area contributed by atoms with E-state index in [1.807, 2.05) is 24.6 Å². The van der Waals surface area contributed by atoms with E-state index in [0.717, 1.165) is 37.2 Å². The fourth-order valence-electron chi connectivity index (χ4n) is 3.78. The minimum atomic E-state index is -0.931. The Kier molecular flexibility index (Phi) is 4.39. The summed E-state index contributed by atoms with van der Waals surface area (Å²) in [6.07, 6.45) is 1.73. The summed E-state index contributed by atoms with van der Waals surface area (Å²) in [5.74, 6) is -2.39. The Morgan fingerprint density at radius 2 is 2.04 bits per heavy atom. The van der Waals surface area contributed by atoms with E-state index in [2.05, 4.69) is 10.4 Å². The van der Waals surface area contributed by atoms with E-state index in [-0.39, 0.29) is 18.1 Å². The van der Waals surface area contributed by atoms with E-state index in [9.17, 15) is 14.7 Å². The van der Waals surface area contributed by atoms with Gasteiger partial charge in [-0.05, 0) is 39.2 Å². The molecule has 7 heteroatoms. The van der Waals surface area contributed by atoms with E-state index in [0.29, 0.717) is 6.54 Å². The molecule has 0 unspecified atom stereocenters. The Morgan fingerprint density at radius 3 is 2.65 bits per heavy atom. The lowest BCUT2D eigenvalue weighted by Gasteiger charge is -2.23. The smallest absolute Gasteiger partial charge is 0.310 e. The SMILES string of the molecule is Cc1cc(C)n(CCCNC(=O)[C@H]2[C@@H](C(=O)O)[C@@H]3CC[C@H]2O3)n1. The number of aryl methyl sites for hydroxylation is 3. The maximum Gasteiger partial charge on any atom is 0.310 e. The molecule has 1 aromatic rings. The Morgan fingerprint density at radius 1 is 1.35 bits per heavy atom. The van der Waals surface area contributed by atoms with E-state index >= 15 is 0 Å². The Hall–Kier alpha value is -1.89. The number of nitrogens with zero attached hydrogens (tertiary/aromatic N) is 2. The lowest BCUT2D eigenvalue weighted by molar-refractivity contribution is -0.147. The Labute approximate surface area is 135 Å². The summed E-state index contributed by atoms with van der Waals surface area (Å²) in [6.45, 7) is 5.20. The zero-order chi connectivity index (χ0) is 16.6. The number of carbonyl (C=O) groups excluding carboxylic acids is 1. The molecule has 2 aliphatic rings. The molecule has 2 fully saturated rings. The maximum absolute atomic E-state index is 12.4. The highest BCUT2D eigenvalue weighted by Gasteiger charge is 2.55. The number of hydrogen-bond acceptors (Lipinski definition) is 4. The molecular weight excluding hydrogens is 298 g/mol. The third-order valence-corrected chi connectivity index (χ3v) is 4.81. The largest absolute Gasteiger partial charge is 0.481 e. The molecule has 2 aliphatic heterocycles. The van der Waals surface area contributed by atoms with Crippen molar-refractivity contribution < 1.29 is 19.4 Å². The van der Waals surface area contributed by atoms with Crippen LogP contribution in [0.4, 0.5) is 0 Å². The lowest BCUT2D eigenvalue weighted by atomic mass is 9.79. The molecule has 2 bridgehead atoms. The Bertz CT molecular complexity index is 612. The van der Waals surface area contributed by atoms with Crippen LogP contribution in [-0.4, -0.2) is 45.5 Å². The van der Waals surface area contributed by atoms with Crippen molar-refractivity contribution in [3.05, 3.63) is 17.5 Å². The number of aromatic nitrogens is 2. The number of carbonyl (C=O) groups is 2. The molecule has 2 saturated heterocycles. The first-order valence-electron chi connectivity index (χ1n) is 8.14. The summed E-state index contributed by atoms with van der Waals surface area (Å²) in [7, 11) is 0. The standard InChI is InChI=1S/C16H23N3O4/c1-9-8-10(2)19(18-9)7-3-6-17-15(20)13-11-4-5-12(23-11)14(13)16(21)22/h8,11-14H,3-7H2,1-2H3,(H,17,20)(H,21,22)/t11-,12+,13-,14+/m1/s1. The van der Waals surface area contributed by atoms with Crippen molar-refractivity contribution in [2.75, 3.05) is 6.54 Å². The molecule has 3 rings (SSSR count). The molecule has 7 nitrogen and oxygen atoms in total. The number of nitrogens with one attached hydrogen (secondary N) is 1. The predicted octanol–water partition coefficient (Wildman–Crippen LogP) is 0.884. The van der Waals surface area contributed by atoms with E-state index in [4.69, 9.17) is 4.74 Å². The zero-order valence-corrected chi connectivity index (χ0v) is 13.5. The van der Waals surface area contributed by atoms with Gasteiger partial charge in [-0.2, -0.15) is 5.10 Å². The molecular formula is C16H23N3O4. The van der Waals surface area contributed by atoms with Gasteiger partial charge in [0.1, 0.15) is 0 Å². The molecule has 1 amide bonds. The quantitative estimate of drug-likeness (QED) is 0.759. The molecule has 1 aromatic heterocycles. The summed E-state index contributed by atoms with van der Waals surface area (Å²) < 4.78 is 7.54. The van der Waals surface area contributed by atoms with Crippen LogP contribution in [-0.2, 0) is 20.9 Å². The minimum absolute atomic E-state index is 0.196. The fourth-order valence-corrected chi connectivity index (χ4v) is 3.78. The van der Waals surface area contributed by atoms with Gasteiger partial charge < -0.3 is 15.2 Å². The summed E-state index contributed by atoms with van der Waals surface area (Å²) >= 11 is 0. The molecule has 3 heterocycles. The van der Waals surface area contributed by atoms with Gasteiger partial charge in [-0.15, -0.1) is 0 Å².